The van der Waals surface area contributed by atoms with Gasteiger partial charge in [-0.2, -0.15) is 8.42 Å². The van der Waals surface area contributed by atoms with Gasteiger partial charge < -0.3 is 5.11 Å². The summed E-state index contributed by atoms with van der Waals surface area (Å²) in [6.45, 7) is 1.29. The van der Waals surface area contributed by atoms with Gasteiger partial charge in [0.05, 0.1) is 4.92 Å². The Morgan fingerprint density at radius 2 is 1.93 bits per heavy atom. The molecular weight excluding hydrogens is 226 g/mol. The zero-order chi connectivity index (χ0) is 11.8. The molecule has 0 aliphatic carbocycles. The Hall–Kier alpha value is -1.67. The molecule has 0 unspecified atom stereocenters. The third-order valence-electron chi connectivity index (χ3n) is 1.74. The summed E-state index contributed by atoms with van der Waals surface area (Å²) in [6.07, 6.45) is 0. The van der Waals surface area contributed by atoms with Gasteiger partial charge in [-0.3, -0.25) is 14.7 Å². The highest BCUT2D eigenvalue weighted by molar-refractivity contribution is 7.86. The second-order valence-electron chi connectivity index (χ2n) is 2.84. The molecule has 0 radical (unpaired) electrons. The molecule has 8 heteroatoms. The van der Waals surface area contributed by atoms with Crippen molar-refractivity contribution >= 4 is 15.8 Å². The van der Waals surface area contributed by atoms with Crippen LogP contribution in [0.15, 0.2) is 17.0 Å². The van der Waals surface area contributed by atoms with Crippen molar-refractivity contribution in [1.82, 2.24) is 0 Å². The van der Waals surface area contributed by atoms with Gasteiger partial charge in [0.25, 0.3) is 15.8 Å². The molecule has 0 amide bonds. The van der Waals surface area contributed by atoms with Gasteiger partial charge in [-0.05, 0) is 12.5 Å². The topological polar surface area (TPSA) is 118 Å². The summed E-state index contributed by atoms with van der Waals surface area (Å²) in [4.78, 5) is 8.71. The zero-order valence-corrected chi connectivity index (χ0v) is 8.35. The van der Waals surface area contributed by atoms with Crippen LogP contribution in [0.3, 0.4) is 0 Å². The molecule has 0 bridgehead atoms. The van der Waals surface area contributed by atoms with Crippen molar-refractivity contribution in [2.75, 3.05) is 0 Å². The van der Waals surface area contributed by atoms with Crippen molar-refractivity contribution in [3.63, 3.8) is 0 Å². The van der Waals surface area contributed by atoms with Gasteiger partial charge in [0, 0.05) is 12.1 Å². The third kappa shape index (κ3) is 2.22. The fraction of sp³-hybridized carbons (Fsp3) is 0.143. The first-order chi connectivity index (χ1) is 6.73. The number of non-ortho nitro benzene ring substituents is 1. The van der Waals surface area contributed by atoms with E-state index in [0.29, 0.717) is 6.07 Å². The van der Waals surface area contributed by atoms with Crippen LogP contribution in [0.2, 0.25) is 0 Å². The number of aryl methyl sites for hydroxylation is 1. The minimum atomic E-state index is -4.67. The van der Waals surface area contributed by atoms with Crippen molar-refractivity contribution in [3.05, 3.63) is 27.8 Å². The maximum absolute atomic E-state index is 10.8. The quantitative estimate of drug-likeness (QED) is 0.444. The molecule has 0 fully saturated rings. The normalized spacial score (nSPS) is 11.3. The maximum Gasteiger partial charge on any atom is 0.298 e. The molecular formula is C7H7NO6S. The molecule has 0 saturated carbocycles. The number of phenolic OH excluding ortho intramolecular Hbond substituents is 1. The van der Waals surface area contributed by atoms with Gasteiger partial charge in [-0.25, -0.2) is 0 Å². The monoisotopic (exact) mass is 233 g/mol. The molecule has 82 valence electrons. The summed E-state index contributed by atoms with van der Waals surface area (Å²) in [6, 6.07) is 1.60. The van der Waals surface area contributed by atoms with Crippen molar-refractivity contribution in [2.45, 2.75) is 11.8 Å². The van der Waals surface area contributed by atoms with Crippen LogP contribution >= 0.6 is 0 Å². The van der Waals surface area contributed by atoms with E-state index < -0.39 is 31.4 Å². The fourth-order valence-electron chi connectivity index (χ4n) is 1.03. The lowest BCUT2D eigenvalue weighted by molar-refractivity contribution is -0.385. The number of rotatable bonds is 2. The van der Waals surface area contributed by atoms with Crippen molar-refractivity contribution in [3.8, 4) is 5.75 Å². The average Bonchev–Trinajstić information content (AvgIpc) is 2.06. The number of hydrogen-bond acceptors (Lipinski definition) is 5. The van der Waals surface area contributed by atoms with Crippen LogP contribution < -0.4 is 0 Å². The minimum Gasteiger partial charge on any atom is -0.506 e. The van der Waals surface area contributed by atoms with Gasteiger partial charge >= 0.3 is 0 Å². The second-order valence-corrected chi connectivity index (χ2v) is 4.23. The highest BCUT2D eigenvalue weighted by Gasteiger charge is 2.22. The maximum atomic E-state index is 10.8. The molecule has 0 aliphatic rings. The van der Waals surface area contributed by atoms with Crippen molar-refractivity contribution in [1.29, 1.82) is 0 Å². The number of hydrogen-bond donors (Lipinski definition) is 2. The van der Waals surface area contributed by atoms with Crippen LogP contribution in [0.25, 0.3) is 0 Å². The number of nitro groups is 1. The number of nitrogens with zero attached hydrogens (tertiary/aromatic N) is 1. The molecule has 0 saturated heterocycles. The molecule has 0 spiro atoms. The Labute approximate surface area is 84.9 Å². The van der Waals surface area contributed by atoms with Gasteiger partial charge in [-0.1, -0.05) is 0 Å². The summed E-state index contributed by atoms with van der Waals surface area (Å²) in [7, 11) is -4.67. The molecule has 1 aromatic carbocycles. The Bertz CT molecular complexity index is 521. The Morgan fingerprint density at radius 1 is 1.40 bits per heavy atom. The second kappa shape index (κ2) is 3.48. The smallest absolute Gasteiger partial charge is 0.298 e. The predicted octanol–water partition coefficient (Wildman–Crippen LogP) is 0.856. The standard InChI is InChI=1S/C7H7NO6S/c1-4-2-5(8(10)11)3-6(7(4)9)15(12,13)14/h2-3,9H,1H3,(H,12,13,14). The Kier molecular flexibility index (Phi) is 2.65. The molecule has 7 nitrogen and oxygen atoms in total. The fourth-order valence-corrected chi connectivity index (χ4v) is 1.71. The largest absolute Gasteiger partial charge is 0.506 e. The van der Waals surface area contributed by atoms with E-state index in [0.717, 1.165) is 6.07 Å². The summed E-state index contributed by atoms with van der Waals surface area (Å²) in [5.41, 5.74) is -0.519. The van der Waals surface area contributed by atoms with E-state index >= 15 is 0 Å². The number of benzene rings is 1. The van der Waals surface area contributed by atoms with Gasteiger partial charge in [0.15, 0.2) is 0 Å². The molecule has 0 aromatic heterocycles. The summed E-state index contributed by atoms with van der Waals surface area (Å²) < 4.78 is 30.2. The molecule has 0 heterocycles. The van der Waals surface area contributed by atoms with Crippen LogP contribution in [0.1, 0.15) is 5.56 Å². The lowest BCUT2D eigenvalue weighted by Crippen LogP contribution is -2.01. The van der Waals surface area contributed by atoms with Crippen LogP contribution in [0.5, 0.6) is 5.75 Å². The predicted molar refractivity (Wildman–Crippen MR) is 49.3 cm³/mol. The molecule has 1 rings (SSSR count). The van der Waals surface area contributed by atoms with Gasteiger partial charge in [0.2, 0.25) is 0 Å². The van der Waals surface area contributed by atoms with Gasteiger partial charge in [-0.15, -0.1) is 0 Å². The number of aromatic hydroxyl groups is 1. The Balaban J connectivity index is 3.59. The van der Waals surface area contributed by atoms with Crippen molar-refractivity contribution < 1.29 is 23.0 Å². The van der Waals surface area contributed by atoms with Gasteiger partial charge in [0.1, 0.15) is 10.6 Å². The SMILES string of the molecule is Cc1cc([N+](=O)[O-])cc(S(=O)(=O)O)c1O. The van der Waals surface area contributed by atoms with E-state index in [1.54, 1.807) is 0 Å². The lowest BCUT2D eigenvalue weighted by Gasteiger charge is -2.03. The van der Waals surface area contributed by atoms with Crippen LogP contribution in [0.4, 0.5) is 5.69 Å². The van der Waals surface area contributed by atoms with E-state index in [1.807, 2.05) is 0 Å². The summed E-state index contributed by atoms with van der Waals surface area (Å²) >= 11 is 0. The minimum absolute atomic E-state index is 0.00294. The number of nitro benzene ring substituents is 1. The highest BCUT2D eigenvalue weighted by Crippen LogP contribution is 2.30. The molecule has 15 heavy (non-hydrogen) atoms. The first-order valence-corrected chi connectivity index (χ1v) is 5.13. The Morgan fingerprint density at radius 3 is 2.33 bits per heavy atom. The van der Waals surface area contributed by atoms with E-state index in [1.165, 1.54) is 6.92 Å². The summed E-state index contributed by atoms with van der Waals surface area (Å²) in [5, 5.41) is 19.7. The number of phenols is 1. The molecule has 0 aliphatic heterocycles. The van der Waals surface area contributed by atoms with Crippen molar-refractivity contribution in [2.24, 2.45) is 0 Å². The first kappa shape index (κ1) is 11.4. The molecule has 1 aromatic rings. The highest BCUT2D eigenvalue weighted by atomic mass is 32.2. The first-order valence-electron chi connectivity index (χ1n) is 3.69. The van der Waals surface area contributed by atoms with E-state index in [9.17, 15) is 23.6 Å². The third-order valence-corrected chi connectivity index (χ3v) is 2.61. The van der Waals surface area contributed by atoms with Crippen LogP contribution in [0, 0.1) is 17.0 Å². The summed E-state index contributed by atoms with van der Waals surface area (Å²) in [5.74, 6) is -0.692. The van der Waals surface area contributed by atoms with E-state index in [-0.39, 0.29) is 5.56 Å². The van der Waals surface area contributed by atoms with E-state index in [2.05, 4.69) is 0 Å². The lowest BCUT2D eigenvalue weighted by atomic mass is 10.2. The molecule has 2 N–H and O–H groups in total. The molecule has 0 atom stereocenters. The average molecular weight is 233 g/mol. The van der Waals surface area contributed by atoms with Crippen LogP contribution in [-0.2, 0) is 10.1 Å². The zero-order valence-electron chi connectivity index (χ0n) is 7.54. The van der Waals surface area contributed by atoms with E-state index in [4.69, 9.17) is 4.55 Å². The van der Waals surface area contributed by atoms with Crippen LogP contribution in [-0.4, -0.2) is 23.0 Å².